The molecule has 0 aliphatic carbocycles. The minimum absolute atomic E-state index is 0. The van der Waals surface area contributed by atoms with Gasteiger partial charge < -0.3 is 4.66 Å². The molecule has 0 rings (SSSR count). The largest absolute Gasteiger partial charge is 0.506 e. The zero-order valence-corrected chi connectivity index (χ0v) is 3.49. The van der Waals surface area contributed by atoms with Crippen molar-refractivity contribution in [3.8, 4) is 0 Å². The topological polar surface area (TPSA) is 43.3 Å². The van der Waals surface area contributed by atoms with Gasteiger partial charge in [-0.3, -0.25) is 0 Å². The highest BCUT2D eigenvalue weighted by atomic mass is 35.6. The number of halogens is 1. The van der Waals surface area contributed by atoms with Gasteiger partial charge in [-0.2, -0.15) is 13.5 Å². The molecule has 0 spiro atoms. The fourth-order valence-corrected chi connectivity index (χ4v) is 0. The third-order valence-corrected chi connectivity index (χ3v) is 0. The van der Waals surface area contributed by atoms with Gasteiger partial charge in [0, 0.05) is 0 Å². The van der Waals surface area contributed by atoms with Gasteiger partial charge >= 0.3 is 11.3 Å². The minimum atomic E-state index is -0.167. The third-order valence-electron chi connectivity index (χ3n) is 0. The Morgan fingerprint density at radius 2 is 1.75 bits per heavy atom. The highest BCUT2D eigenvalue weighted by Crippen LogP contribution is 1.13. The van der Waals surface area contributed by atoms with Crippen molar-refractivity contribution in [2.45, 2.75) is 0 Å². The van der Waals surface area contributed by atoms with Crippen LogP contribution in [0.2, 0.25) is 0 Å². The zero-order valence-electron chi connectivity index (χ0n) is 1.73. The van der Waals surface area contributed by atoms with Crippen molar-refractivity contribution in [2.24, 2.45) is 0 Å². The maximum atomic E-state index is 8.35. The number of hydrogen-bond donors (Lipinski definition) is 1. The molecule has 0 radical (unpaired) electrons. The van der Waals surface area contributed by atoms with Gasteiger partial charge in [0.15, 0.2) is 0 Å². The van der Waals surface area contributed by atoms with E-state index < -0.39 is 0 Å². The van der Waals surface area contributed by atoms with Gasteiger partial charge in [-0.15, -0.1) is 4.66 Å². The predicted octanol–water partition coefficient (Wildman–Crippen LogP) is -1.63. The first-order valence-corrected chi connectivity index (χ1v) is 0.970. The van der Waals surface area contributed by atoms with E-state index in [-0.39, 0.29) is 24.8 Å². The lowest BCUT2D eigenvalue weighted by Gasteiger charge is -1.46. The van der Waals surface area contributed by atoms with E-state index in [2.05, 4.69) is 0 Å². The first-order chi connectivity index (χ1) is 1.41. The van der Waals surface area contributed by atoms with Gasteiger partial charge in [0.1, 0.15) is 0 Å². The molecule has 0 heterocycles. The summed E-state index contributed by atoms with van der Waals surface area (Å²) in [7, 11) is 0. The smallest absolute Gasteiger partial charge is 0.327 e. The van der Waals surface area contributed by atoms with Gasteiger partial charge in [-0.1, -0.05) is 0 Å². The molecule has 0 unspecified atom stereocenters. The van der Waals surface area contributed by atoms with Crippen molar-refractivity contribution in [1.82, 2.24) is 0 Å². The van der Waals surface area contributed by atoms with Gasteiger partial charge in [0.2, 0.25) is 0 Å². The van der Waals surface area contributed by atoms with Crippen molar-refractivity contribution in [3.05, 3.63) is 0 Å². The Morgan fingerprint density at radius 3 is 1.75 bits per heavy atom. The average molecular weight is 103 g/mol. The monoisotopic (exact) mass is 102 g/mol. The van der Waals surface area contributed by atoms with E-state index in [0.29, 0.717) is 0 Å². The summed E-state index contributed by atoms with van der Waals surface area (Å²) in [6, 6.07) is 0. The Balaban J connectivity index is 0. The molecule has 28 valence electrons. The molecule has 0 aliphatic rings. The highest BCUT2D eigenvalue weighted by Gasteiger charge is 1.47. The van der Waals surface area contributed by atoms with E-state index in [4.69, 9.17) is 9.32 Å². The summed E-state index contributed by atoms with van der Waals surface area (Å²) >= 11 is -0.167. The minimum Gasteiger partial charge on any atom is -0.506 e. The van der Waals surface area contributed by atoms with Crippen LogP contribution in [0.3, 0.4) is 0 Å². The molecule has 4 heteroatoms. The second kappa shape index (κ2) is 9.59. The first-order valence-electron chi connectivity index (χ1n) is 0.323. The van der Waals surface area contributed by atoms with Crippen molar-refractivity contribution in [3.63, 3.8) is 0 Å². The molecule has 0 aliphatic heterocycles. The predicted molar refractivity (Wildman–Crippen MR) is 12.6 cm³/mol. The molecule has 4 heavy (non-hydrogen) atoms. The van der Waals surface area contributed by atoms with Gasteiger partial charge in [-0.05, 0) is 0 Å². The molecular formula is H3ClO2S. The van der Waals surface area contributed by atoms with Crippen molar-refractivity contribution >= 4 is 13.5 Å². The summed E-state index contributed by atoms with van der Waals surface area (Å²) in [4.78, 5) is 0. The summed E-state index contributed by atoms with van der Waals surface area (Å²) in [5.74, 6) is 0. The fraction of sp³-hybridized carbons (Fsp3) is 0. The van der Waals surface area contributed by atoms with Crippen molar-refractivity contribution in [2.75, 3.05) is 0 Å². The molecule has 0 bridgehead atoms. The Hall–Kier alpha value is 0.560. The van der Waals surface area contributed by atoms with Crippen LogP contribution in [0, 0.1) is 11.3 Å². The zero-order chi connectivity index (χ0) is 2.71. The molecule has 0 fully saturated rings. The third kappa shape index (κ3) is 19.9. The average Bonchev–Trinajstić information content (AvgIpc) is 0.918. The Bertz CT molecular complexity index is 6.00. The van der Waals surface area contributed by atoms with Gasteiger partial charge in [0.25, 0.3) is 0 Å². The van der Waals surface area contributed by atoms with Crippen LogP contribution in [-0.4, -0.2) is 4.66 Å². The van der Waals surface area contributed by atoms with Crippen LogP contribution in [0.4, 0.5) is 0 Å². The van der Waals surface area contributed by atoms with Crippen LogP contribution in [0.25, 0.3) is 0 Å². The summed E-state index contributed by atoms with van der Waals surface area (Å²) < 4.78 is 15.2. The molecule has 0 saturated carbocycles. The van der Waals surface area contributed by atoms with Crippen LogP contribution < -0.4 is 4.66 Å². The summed E-state index contributed by atoms with van der Waals surface area (Å²) in [6.45, 7) is 0. The van der Waals surface area contributed by atoms with Crippen LogP contribution in [0.5, 0.6) is 0 Å². The molecule has 2 nitrogen and oxygen atoms in total. The standard InChI is InChI=1S/ClHO2.H2S/c2-1-3;/h2H;1H2. The molecule has 0 aromatic heterocycles. The highest BCUT2D eigenvalue weighted by molar-refractivity contribution is 7.59. The lowest BCUT2D eigenvalue weighted by atomic mass is 15.9. The molecule has 0 atom stereocenters. The maximum absolute atomic E-state index is 8.35. The van der Waals surface area contributed by atoms with Crippen LogP contribution in [-0.2, 0) is 0 Å². The summed E-state index contributed by atoms with van der Waals surface area (Å²) in [5, 5.41) is 0. The van der Waals surface area contributed by atoms with E-state index in [1.165, 1.54) is 0 Å². The molecular weight excluding hydrogens is 99.5 g/mol. The van der Waals surface area contributed by atoms with E-state index >= 15 is 0 Å². The lowest BCUT2D eigenvalue weighted by molar-refractivity contribution is -1.27. The summed E-state index contributed by atoms with van der Waals surface area (Å²) in [6.07, 6.45) is 0. The second-order valence-electron chi connectivity index (χ2n) is 0.0690. The van der Waals surface area contributed by atoms with Crippen LogP contribution >= 0.6 is 13.5 Å². The van der Waals surface area contributed by atoms with Crippen molar-refractivity contribution in [1.29, 1.82) is 0 Å². The SMILES string of the molecule is S.[O-][Cl+]O. The number of rotatable bonds is 0. The van der Waals surface area contributed by atoms with E-state index in [1.54, 1.807) is 0 Å². The molecule has 0 aromatic rings. The number of hydrogen-bond acceptors (Lipinski definition) is 2. The van der Waals surface area contributed by atoms with E-state index in [1.807, 2.05) is 0 Å². The first kappa shape index (κ1) is 8.82. The van der Waals surface area contributed by atoms with E-state index in [0.717, 1.165) is 0 Å². The Morgan fingerprint density at radius 1 is 1.75 bits per heavy atom. The second-order valence-corrected chi connectivity index (χ2v) is 0.207. The quantitative estimate of drug-likeness (QED) is 0.399. The summed E-state index contributed by atoms with van der Waals surface area (Å²) in [5.41, 5.74) is 0. The Kier molecular flexibility index (Phi) is 21.1. The van der Waals surface area contributed by atoms with E-state index in [9.17, 15) is 0 Å². The lowest BCUT2D eigenvalue weighted by Crippen LogP contribution is -1.94. The molecule has 0 amide bonds. The maximum Gasteiger partial charge on any atom is 0.327 e. The molecule has 0 saturated heterocycles. The Labute approximate surface area is 35.0 Å². The normalized spacial score (nSPS) is 4.50. The van der Waals surface area contributed by atoms with Crippen LogP contribution in [0.1, 0.15) is 0 Å². The van der Waals surface area contributed by atoms with Crippen molar-refractivity contribution < 1.29 is 20.6 Å². The molecule has 0 aromatic carbocycles. The molecule has 1 N–H and O–H groups in total. The fourth-order valence-electron chi connectivity index (χ4n) is 0. The van der Waals surface area contributed by atoms with Gasteiger partial charge in [0.05, 0.1) is 0 Å². The van der Waals surface area contributed by atoms with Gasteiger partial charge in [-0.25, -0.2) is 0 Å². The van der Waals surface area contributed by atoms with Crippen LogP contribution in [0.15, 0.2) is 0 Å².